The van der Waals surface area contributed by atoms with Gasteiger partial charge in [0.2, 0.25) is 5.91 Å². The van der Waals surface area contributed by atoms with E-state index in [9.17, 15) is 4.79 Å². The molecule has 1 aliphatic rings. The Bertz CT molecular complexity index is 476. The molecule has 0 aliphatic carbocycles. The van der Waals surface area contributed by atoms with Crippen LogP contribution in [-0.4, -0.2) is 52.3 Å². The highest BCUT2D eigenvalue weighted by Crippen LogP contribution is 2.21. The van der Waals surface area contributed by atoms with E-state index < -0.39 is 0 Å². The lowest BCUT2D eigenvalue weighted by Gasteiger charge is -2.41. The van der Waals surface area contributed by atoms with Gasteiger partial charge >= 0.3 is 0 Å². The molecule has 1 fully saturated rings. The third-order valence-corrected chi connectivity index (χ3v) is 3.40. The molecule has 1 amide bonds. The molecule has 0 saturated carbocycles. The molecule has 20 heavy (non-hydrogen) atoms. The second kappa shape index (κ2) is 5.54. The van der Waals surface area contributed by atoms with Gasteiger partial charge in [0.25, 0.3) is 0 Å². The van der Waals surface area contributed by atoms with Gasteiger partial charge in [0.05, 0.1) is 35.3 Å². The number of H-pyrrole nitrogens is 1. The topological polar surface area (TPSA) is 70.2 Å². The van der Waals surface area contributed by atoms with Crippen LogP contribution in [0.15, 0.2) is 0 Å². The van der Waals surface area contributed by atoms with Crippen molar-refractivity contribution in [2.24, 2.45) is 0 Å². The van der Waals surface area contributed by atoms with Crippen LogP contribution in [0.4, 0.5) is 5.69 Å². The Balaban J connectivity index is 1.95. The van der Waals surface area contributed by atoms with Crippen molar-refractivity contribution >= 4 is 11.6 Å². The largest absolute Gasteiger partial charge is 0.370 e. The summed E-state index contributed by atoms with van der Waals surface area (Å²) in [5.74, 6) is -0.0116. The molecule has 1 saturated heterocycles. The van der Waals surface area contributed by atoms with Crippen LogP contribution in [0.3, 0.4) is 0 Å². The summed E-state index contributed by atoms with van der Waals surface area (Å²) in [6.45, 7) is 11.8. The van der Waals surface area contributed by atoms with Crippen molar-refractivity contribution in [3.63, 3.8) is 0 Å². The van der Waals surface area contributed by atoms with Crippen molar-refractivity contribution < 1.29 is 9.53 Å². The molecule has 1 unspecified atom stereocenters. The first-order valence-corrected chi connectivity index (χ1v) is 6.98. The second-order valence-electron chi connectivity index (χ2n) is 6.21. The minimum absolute atomic E-state index is 0.0116. The number of aromatic nitrogens is 2. The molecule has 0 bridgehead atoms. The number of rotatable bonds is 3. The summed E-state index contributed by atoms with van der Waals surface area (Å²) in [4.78, 5) is 14.3. The van der Waals surface area contributed by atoms with E-state index in [2.05, 4.69) is 34.3 Å². The van der Waals surface area contributed by atoms with E-state index in [4.69, 9.17) is 4.74 Å². The Kier molecular flexibility index (Phi) is 4.15. The third-order valence-electron chi connectivity index (χ3n) is 3.40. The van der Waals surface area contributed by atoms with Gasteiger partial charge in [-0.2, -0.15) is 5.10 Å². The van der Waals surface area contributed by atoms with Crippen LogP contribution in [0.1, 0.15) is 32.2 Å². The molecular formula is C14H24N4O2. The van der Waals surface area contributed by atoms with Crippen LogP contribution in [-0.2, 0) is 9.53 Å². The van der Waals surface area contributed by atoms with Gasteiger partial charge in [-0.05, 0) is 34.6 Å². The van der Waals surface area contributed by atoms with Gasteiger partial charge < -0.3 is 10.1 Å². The van der Waals surface area contributed by atoms with Crippen LogP contribution in [0.5, 0.6) is 0 Å². The van der Waals surface area contributed by atoms with Crippen LogP contribution >= 0.6 is 0 Å². The van der Waals surface area contributed by atoms with Crippen molar-refractivity contribution in [3.8, 4) is 0 Å². The first-order chi connectivity index (χ1) is 9.27. The van der Waals surface area contributed by atoms with Crippen molar-refractivity contribution in [2.45, 2.75) is 46.3 Å². The number of carbonyl (C=O) groups is 1. The number of amides is 1. The number of hydrogen-bond donors (Lipinski definition) is 2. The SMILES string of the molecule is Cc1n[nH]c(C)c1NC(=O)CN1CC(C)OC(C)(C)C1. The predicted octanol–water partition coefficient (Wildman–Crippen LogP) is 1.46. The lowest BCUT2D eigenvalue weighted by atomic mass is 10.1. The Morgan fingerprint density at radius 3 is 2.80 bits per heavy atom. The van der Waals surface area contributed by atoms with Crippen molar-refractivity contribution in [1.29, 1.82) is 0 Å². The van der Waals surface area contributed by atoms with Crippen LogP contribution < -0.4 is 5.32 Å². The molecule has 0 radical (unpaired) electrons. The van der Waals surface area contributed by atoms with Gasteiger partial charge in [-0.25, -0.2) is 0 Å². The molecule has 1 aromatic heterocycles. The van der Waals surface area contributed by atoms with E-state index in [-0.39, 0.29) is 17.6 Å². The molecule has 1 aromatic rings. The Morgan fingerprint density at radius 1 is 1.55 bits per heavy atom. The molecule has 2 N–H and O–H groups in total. The number of ether oxygens (including phenoxy) is 1. The van der Waals surface area contributed by atoms with Crippen LogP contribution in [0, 0.1) is 13.8 Å². The number of hydrogen-bond acceptors (Lipinski definition) is 4. The third kappa shape index (κ3) is 3.58. The number of carbonyl (C=O) groups excluding carboxylic acids is 1. The molecule has 2 rings (SSSR count). The monoisotopic (exact) mass is 280 g/mol. The highest BCUT2D eigenvalue weighted by atomic mass is 16.5. The molecule has 0 aromatic carbocycles. The van der Waals surface area contributed by atoms with Crippen LogP contribution in [0.2, 0.25) is 0 Å². The summed E-state index contributed by atoms with van der Waals surface area (Å²) < 4.78 is 5.84. The zero-order valence-corrected chi connectivity index (χ0v) is 12.9. The van der Waals surface area contributed by atoms with Crippen molar-refractivity contribution in [2.75, 3.05) is 25.0 Å². The first-order valence-electron chi connectivity index (χ1n) is 6.98. The second-order valence-corrected chi connectivity index (χ2v) is 6.21. The van der Waals surface area contributed by atoms with Gasteiger partial charge in [0.15, 0.2) is 0 Å². The van der Waals surface area contributed by atoms with Crippen molar-refractivity contribution in [1.82, 2.24) is 15.1 Å². The fourth-order valence-corrected chi connectivity index (χ4v) is 2.82. The number of nitrogens with one attached hydrogen (secondary N) is 2. The van der Waals surface area contributed by atoms with E-state index in [1.165, 1.54) is 0 Å². The fraction of sp³-hybridized carbons (Fsp3) is 0.714. The molecule has 0 spiro atoms. The summed E-state index contributed by atoms with van der Waals surface area (Å²) >= 11 is 0. The maximum atomic E-state index is 12.2. The number of aryl methyl sites for hydroxylation is 2. The molecule has 1 atom stereocenters. The first kappa shape index (κ1) is 15.0. The Hall–Kier alpha value is -1.40. The molecule has 2 heterocycles. The highest BCUT2D eigenvalue weighted by Gasteiger charge is 2.32. The summed E-state index contributed by atoms with van der Waals surface area (Å²) in [6.07, 6.45) is 0.143. The minimum Gasteiger partial charge on any atom is -0.370 e. The number of morpholine rings is 1. The zero-order chi connectivity index (χ0) is 14.9. The average Bonchev–Trinajstić information content (AvgIpc) is 2.57. The van der Waals surface area contributed by atoms with Gasteiger partial charge in [0.1, 0.15) is 0 Å². The zero-order valence-electron chi connectivity index (χ0n) is 12.9. The lowest BCUT2D eigenvalue weighted by molar-refractivity contribution is -0.136. The Labute approximate surface area is 119 Å². The highest BCUT2D eigenvalue weighted by molar-refractivity contribution is 5.93. The predicted molar refractivity (Wildman–Crippen MR) is 77.8 cm³/mol. The summed E-state index contributed by atoms with van der Waals surface area (Å²) in [5, 5.41) is 9.88. The summed E-state index contributed by atoms with van der Waals surface area (Å²) in [6, 6.07) is 0. The lowest BCUT2D eigenvalue weighted by Crippen LogP contribution is -2.53. The number of anilines is 1. The molecule has 112 valence electrons. The maximum absolute atomic E-state index is 12.2. The summed E-state index contributed by atoms with van der Waals surface area (Å²) in [5.41, 5.74) is 2.27. The van der Waals surface area contributed by atoms with Crippen LogP contribution in [0.25, 0.3) is 0 Å². The maximum Gasteiger partial charge on any atom is 0.238 e. The normalized spacial score (nSPS) is 22.8. The van der Waals surface area contributed by atoms with E-state index in [1.807, 2.05) is 20.8 Å². The summed E-state index contributed by atoms with van der Waals surface area (Å²) in [7, 11) is 0. The Morgan fingerprint density at radius 2 is 2.25 bits per heavy atom. The molecule has 1 aliphatic heterocycles. The van der Waals surface area contributed by atoms with Gasteiger partial charge in [-0.15, -0.1) is 0 Å². The minimum atomic E-state index is -0.209. The van der Waals surface area contributed by atoms with E-state index >= 15 is 0 Å². The number of nitrogens with zero attached hydrogens (tertiary/aromatic N) is 2. The standard InChI is InChI=1S/C14H24N4O2/c1-9-6-18(8-14(4,5)20-9)7-12(19)15-13-10(2)16-17-11(13)3/h9H,6-8H2,1-5H3,(H,15,19)(H,16,17). The van der Waals surface area contributed by atoms with Crippen molar-refractivity contribution in [3.05, 3.63) is 11.4 Å². The molecule has 6 heteroatoms. The quantitative estimate of drug-likeness (QED) is 0.879. The van der Waals surface area contributed by atoms with Gasteiger partial charge in [-0.1, -0.05) is 0 Å². The molecular weight excluding hydrogens is 256 g/mol. The van der Waals surface area contributed by atoms with Gasteiger partial charge in [0, 0.05) is 13.1 Å². The average molecular weight is 280 g/mol. The van der Waals surface area contributed by atoms with E-state index in [1.54, 1.807) is 0 Å². The number of aromatic amines is 1. The van der Waals surface area contributed by atoms with Gasteiger partial charge in [-0.3, -0.25) is 14.8 Å². The van der Waals surface area contributed by atoms with E-state index in [0.29, 0.717) is 6.54 Å². The fourth-order valence-electron chi connectivity index (χ4n) is 2.82. The smallest absolute Gasteiger partial charge is 0.238 e. The van der Waals surface area contributed by atoms with E-state index in [0.717, 1.165) is 30.2 Å². The molecule has 6 nitrogen and oxygen atoms in total.